The van der Waals surface area contributed by atoms with Crippen LogP contribution in [0.3, 0.4) is 0 Å². The molecule has 2 fully saturated rings. The van der Waals surface area contributed by atoms with Crippen molar-refractivity contribution in [3.63, 3.8) is 0 Å². The van der Waals surface area contributed by atoms with Crippen LogP contribution in [0.4, 0.5) is 0 Å². The Morgan fingerprint density at radius 2 is 2.06 bits per heavy atom. The number of carboxylic acids is 1. The molecule has 3 atom stereocenters. The third-order valence-electron chi connectivity index (χ3n) is 4.35. The summed E-state index contributed by atoms with van der Waals surface area (Å²) in [5.41, 5.74) is 1.43. The van der Waals surface area contributed by atoms with Crippen molar-refractivity contribution in [1.29, 1.82) is 0 Å². The molecule has 2 N–H and O–H groups in total. The fourth-order valence-electron chi connectivity index (χ4n) is 3.43. The van der Waals surface area contributed by atoms with Crippen LogP contribution >= 0.6 is 0 Å². The largest absolute Gasteiger partial charge is 0.481 e. The minimum Gasteiger partial charge on any atom is -0.481 e. The van der Waals surface area contributed by atoms with E-state index >= 15 is 0 Å². The number of benzene rings is 1. The predicted octanol–water partition coefficient (Wildman–Crippen LogP) is 1.84. The van der Waals surface area contributed by atoms with Gasteiger partial charge in [-0.05, 0) is 31.7 Å². The molecule has 2 aliphatic rings. The highest BCUT2D eigenvalue weighted by Crippen LogP contribution is 2.45. The molecule has 1 aromatic carbocycles. The van der Waals surface area contributed by atoms with Gasteiger partial charge >= 0.3 is 5.97 Å². The van der Waals surface area contributed by atoms with Crippen molar-refractivity contribution >= 4 is 5.97 Å². The molecular formula is C14H17NO2. The summed E-state index contributed by atoms with van der Waals surface area (Å²) in [5, 5.41) is 13.1. The van der Waals surface area contributed by atoms with Crippen LogP contribution in [0.25, 0.3) is 0 Å². The minimum absolute atomic E-state index is 0.104. The van der Waals surface area contributed by atoms with Crippen LogP contribution in [-0.4, -0.2) is 23.2 Å². The zero-order chi connectivity index (χ0) is 12.0. The molecule has 2 saturated heterocycles. The maximum Gasteiger partial charge on any atom is 0.315 e. The number of hydrogen-bond acceptors (Lipinski definition) is 2. The van der Waals surface area contributed by atoms with Crippen LogP contribution in [0.5, 0.6) is 0 Å². The maximum atomic E-state index is 11.8. The highest BCUT2D eigenvalue weighted by Gasteiger charge is 2.56. The molecule has 3 unspecified atom stereocenters. The first-order valence-corrected chi connectivity index (χ1v) is 6.19. The summed E-state index contributed by atoms with van der Waals surface area (Å²) >= 11 is 0. The van der Waals surface area contributed by atoms with Crippen molar-refractivity contribution in [3.8, 4) is 0 Å². The van der Waals surface area contributed by atoms with Crippen molar-refractivity contribution in [3.05, 3.63) is 35.4 Å². The number of hydrogen-bond donors (Lipinski definition) is 2. The lowest BCUT2D eigenvalue weighted by atomic mass is 9.69. The first-order chi connectivity index (χ1) is 8.13. The monoisotopic (exact) mass is 231 g/mol. The van der Waals surface area contributed by atoms with Crippen LogP contribution in [0.1, 0.15) is 30.4 Å². The van der Waals surface area contributed by atoms with Gasteiger partial charge in [-0.3, -0.25) is 4.79 Å². The van der Waals surface area contributed by atoms with Crippen molar-refractivity contribution in [1.82, 2.24) is 5.32 Å². The molecule has 0 radical (unpaired) electrons. The SMILES string of the molecule is Cc1ccc(C2(C(=O)O)CC3CCC2N3)cc1. The van der Waals surface area contributed by atoms with Gasteiger partial charge in [0.25, 0.3) is 0 Å². The molecule has 90 valence electrons. The topological polar surface area (TPSA) is 49.3 Å². The van der Waals surface area contributed by atoms with E-state index in [2.05, 4.69) is 5.32 Å². The summed E-state index contributed by atoms with van der Waals surface area (Å²) in [6.45, 7) is 2.02. The van der Waals surface area contributed by atoms with Crippen LogP contribution < -0.4 is 5.32 Å². The molecule has 2 aliphatic heterocycles. The minimum atomic E-state index is -0.698. The Hall–Kier alpha value is -1.35. The molecule has 0 aliphatic carbocycles. The molecular weight excluding hydrogens is 214 g/mol. The van der Waals surface area contributed by atoms with Gasteiger partial charge in [-0.15, -0.1) is 0 Å². The number of aryl methyl sites for hydroxylation is 1. The predicted molar refractivity (Wildman–Crippen MR) is 65.1 cm³/mol. The lowest BCUT2D eigenvalue weighted by Crippen LogP contribution is -2.46. The molecule has 3 rings (SSSR count). The summed E-state index contributed by atoms with van der Waals surface area (Å²) in [4.78, 5) is 11.8. The normalized spacial score (nSPS) is 35.1. The zero-order valence-corrected chi connectivity index (χ0v) is 9.94. The van der Waals surface area contributed by atoms with Crippen LogP contribution in [0, 0.1) is 6.92 Å². The Kier molecular flexibility index (Phi) is 2.26. The second-order valence-corrected chi connectivity index (χ2v) is 5.34. The fourth-order valence-corrected chi connectivity index (χ4v) is 3.43. The average molecular weight is 231 g/mol. The quantitative estimate of drug-likeness (QED) is 0.816. The van der Waals surface area contributed by atoms with Gasteiger partial charge in [0.2, 0.25) is 0 Å². The summed E-state index contributed by atoms with van der Waals surface area (Å²) in [6.07, 6.45) is 2.83. The van der Waals surface area contributed by atoms with E-state index in [4.69, 9.17) is 0 Å². The Balaban J connectivity index is 2.07. The second-order valence-electron chi connectivity index (χ2n) is 5.34. The third kappa shape index (κ3) is 1.42. The van der Waals surface area contributed by atoms with E-state index in [9.17, 15) is 9.90 Å². The van der Waals surface area contributed by atoms with Gasteiger partial charge < -0.3 is 10.4 Å². The lowest BCUT2D eigenvalue weighted by Gasteiger charge is -2.32. The summed E-state index contributed by atoms with van der Waals surface area (Å²) < 4.78 is 0. The first kappa shape index (κ1) is 10.8. The van der Waals surface area contributed by atoms with E-state index < -0.39 is 11.4 Å². The van der Waals surface area contributed by atoms with Gasteiger partial charge in [0, 0.05) is 12.1 Å². The summed E-state index contributed by atoms with van der Waals surface area (Å²) in [7, 11) is 0. The Bertz CT molecular complexity index is 454. The number of fused-ring (bicyclic) bond motifs is 2. The van der Waals surface area contributed by atoms with Gasteiger partial charge in [0.15, 0.2) is 0 Å². The number of rotatable bonds is 2. The van der Waals surface area contributed by atoms with Crippen LogP contribution in [0.2, 0.25) is 0 Å². The molecule has 0 saturated carbocycles. The van der Waals surface area contributed by atoms with Gasteiger partial charge in [-0.1, -0.05) is 29.8 Å². The third-order valence-corrected chi connectivity index (χ3v) is 4.35. The van der Waals surface area contributed by atoms with Crippen molar-refractivity contribution in [2.75, 3.05) is 0 Å². The molecule has 17 heavy (non-hydrogen) atoms. The Morgan fingerprint density at radius 1 is 1.35 bits per heavy atom. The van der Waals surface area contributed by atoms with Crippen molar-refractivity contribution < 1.29 is 9.90 Å². The summed E-state index contributed by atoms with van der Waals surface area (Å²) in [6, 6.07) is 8.46. The average Bonchev–Trinajstić information content (AvgIpc) is 2.90. The number of carboxylic acid groups (broad SMARTS) is 1. The van der Waals surface area contributed by atoms with E-state index in [0.717, 1.165) is 24.8 Å². The van der Waals surface area contributed by atoms with Crippen molar-refractivity contribution in [2.45, 2.75) is 43.7 Å². The van der Waals surface area contributed by atoms with Gasteiger partial charge in [-0.25, -0.2) is 0 Å². The van der Waals surface area contributed by atoms with E-state index in [1.807, 2.05) is 31.2 Å². The molecule has 0 spiro atoms. The summed E-state index contributed by atoms with van der Waals surface area (Å²) in [5.74, 6) is -0.680. The Morgan fingerprint density at radius 3 is 2.53 bits per heavy atom. The van der Waals surface area contributed by atoms with Gasteiger partial charge in [0.1, 0.15) is 5.41 Å². The molecule has 3 heteroatoms. The smallest absolute Gasteiger partial charge is 0.315 e. The highest BCUT2D eigenvalue weighted by atomic mass is 16.4. The van der Waals surface area contributed by atoms with E-state index in [0.29, 0.717) is 6.04 Å². The lowest BCUT2D eigenvalue weighted by molar-refractivity contribution is -0.144. The van der Waals surface area contributed by atoms with E-state index in [1.54, 1.807) is 0 Å². The standard InChI is InChI=1S/C14H17NO2/c1-9-2-4-10(5-3-9)14(13(16)17)8-11-6-7-12(14)15-11/h2-5,11-12,15H,6-8H2,1H3,(H,16,17). The zero-order valence-electron chi connectivity index (χ0n) is 9.94. The van der Waals surface area contributed by atoms with Crippen LogP contribution in [-0.2, 0) is 10.2 Å². The molecule has 0 aromatic heterocycles. The highest BCUT2D eigenvalue weighted by molar-refractivity contribution is 5.83. The van der Waals surface area contributed by atoms with E-state index in [1.165, 1.54) is 5.56 Å². The molecule has 2 bridgehead atoms. The number of aliphatic carboxylic acids is 1. The number of carbonyl (C=O) groups is 1. The first-order valence-electron chi connectivity index (χ1n) is 6.19. The van der Waals surface area contributed by atoms with Crippen molar-refractivity contribution in [2.24, 2.45) is 0 Å². The van der Waals surface area contributed by atoms with E-state index in [-0.39, 0.29) is 6.04 Å². The molecule has 2 heterocycles. The molecule has 0 amide bonds. The van der Waals surface area contributed by atoms with Gasteiger partial charge in [0.05, 0.1) is 0 Å². The molecule has 3 nitrogen and oxygen atoms in total. The Labute approximate surface area is 101 Å². The molecule has 1 aromatic rings. The number of nitrogens with one attached hydrogen (secondary N) is 1. The van der Waals surface area contributed by atoms with Gasteiger partial charge in [-0.2, -0.15) is 0 Å². The fraction of sp³-hybridized carbons (Fsp3) is 0.500. The van der Waals surface area contributed by atoms with Crippen LogP contribution in [0.15, 0.2) is 24.3 Å². The maximum absolute atomic E-state index is 11.8. The second kappa shape index (κ2) is 3.57.